The third kappa shape index (κ3) is 4.33. The molecule has 1 fully saturated rings. The lowest BCUT2D eigenvalue weighted by Gasteiger charge is -2.49. The molecule has 1 unspecified atom stereocenters. The second-order valence-electron chi connectivity index (χ2n) is 8.71. The Morgan fingerprint density at radius 2 is 1.94 bits per heavy atom. The van der Waals surface area contributed by atoms with Gasteiger partial charge in [0.1, 0.15) is 10.9 Å². The molecule has 2 atom stereocenters. The standard InChI is InChI=1S/C22H28N4O5S/c1-5-11-24-20(27)18-19(22(2,3)4)25(21(28)29)13-14-26(18)32(30,31)16-10-6-8-15-9-7-12-23-17(15)16/h5-10,12,18-19H,1,11,13-14H2,2-4H3,(H,24,27)(H,28,29)/t18-,19?/m1/s1. The third-order valence-electron chi connectivity index (χ3n) is 5.51. The van der Waals surface area contributed by atoms with E-state index in [0.29, 0.717) is 10.9 Å². The van der Waals surface area contributed by atoms with E-state index in [0.717, 1.165) is 9.21 Å². The molecule has 2 aromatic rings. The molecule has 0 saturated carbocycles. The predicted molar refractivity (Wildman–Crippen MR) is 121 cm³/mol. The summed E-state index contributed by atoms with van der Waals surface area (Å²) in [5, 5.41) is 13.1. The summed E-state index contributed by atoms with van der Waals surface area (Å²) in [6.07, 6.45) is 1.79. The fourth-order valence-corrected chi connectivity index (χ4v) is 5.95. The number of pyridine rings is 1. The van der Waals surface area contributed by atoms with Crippen molar-refractivity contribution in [2.24, 2.45) is 5.41 Å². The zero-order valence-corrected chi connectivity index (χ0v) is 19.2. The van der Waals surface area contributed by atoms with E-state index in [2.05, 4.69) is 16.9 Å². The van der Waals surface area contributed by atoms with Gasteiger partial charge in [-0.05, 0) is 17.5 Å². The smallest absolute Gasteiger partial charge is 0.407 e. The SMILES string of the molecule is C=CCNC(=O)[C@H]1C(C(C)(C)C)N(C(=O)O)CCN1S(=O)(=O)c1cccc2cccnc12. The van der Waals surface area contributed by atoms with Crippen LogP contribution in [0, 0.1) is 5.41 Å². The number of sulfonamides is 1. The highest BCUT2D eigenvalue weighted by atomic mass is 32.2. The normalized spacial score (nSPS) is 20.2. The molecular weight excluding hydrogens is 432 g/mol. The minimum absolute atomic E-state index is 0.0199. The zero-order valence-electron chi connectivity index (χ0n) is 18.4. The van der Waals surface area contributed by atoms with Crippen LogP contribution in [0.2, 0.25) is 0 Å². The van der Waals surface area contributed by atoms with Crippen molar-refractivity contribution >= 4 is 32.9 Å². The van der Waals surface area contributed by atoms with E-state index in [1.807, 2.05) is 0 Å². The summed E-state index contributed by atoms with van der Waals surface area (Å²) in [5.41, 5.74) is -0.423. The van der Waals surface area contributed by atoms with Gasteiger partial charge < -0.3 is 15.3 Å². The Balaban J connectivity index is 2.18. The van der Waals surface area contributed by atoms with Crippen molar-refractivity contribution < 1.29 is 23.1 Å². The van der Waals surface area contributed by atoms with Gasteiger partial charge in [0.05, 0.1) is 11.6 Å². The summed E-state index contributed by atoms with van der Waals surface area (Å²) in [7, 11) is -4.19. The van der Waals surface area contributed by atoms with Gasteiger partial charge in [-0.2, -0.15) is 4.31 Å². The Kier molecular flexibility index (Phi) is 6.56. The molecule has 9 nitrogen and oxygen atoms in total. The van der Waals surface area contributed by atoms with Crippen LogP contribution in [-0.4, -0.2) is 71.4 Å². The Bertz CT molecular complexity index is 1140. The number of nitrogens with one attached hydrogen (secondary N) is 1. The van der Waals surface area contributed by atoms with Crippen LogP contribution in [0.3, 0.4) is 0 Å². The molecule has 1 aromatic heterocycles. The number of carbonyl (C=O) groups excluding carboxylic acids is 1. The van der Waals surface area contributed by atoms with Crippen molar-refractivity contribution in [3.8, 4) is 0 Å². The number of hydrogen-bond acceptors (Lipinski definition) is 5. The number of fused-ring (bicyclic) bond motifs is 1. The Labute approximate surface area is 187 Å². The van der Waals surface area contributed by atoms with Crippen LogP contribution in [0.4, 0.5) is 4.79 Å². The summed E-state index contributed by atoms with van der Waals surface area (Å²) in [6, 6.07) is 6.15. The van der Waals surface area contributed by atoms with Crippen molar-refractivity contribution in [1.29, 1.82) is 0 Å². The van der Waals surface area contributed by atoms with E-state index in [1.165, 1.54) is 18.3 Å². The van der Waals surface area contributed by atoms with Gasteiger partial charge >= 0.3 is 6.09 Å². The van der Waals surface area contributed by atoms with Crippen LogP contribution in [0.25, 0.3) is 10.9 Å². The molecular formula is C22H28N4O5S. The molecule has 32 heavy (non-hydrogen) atoms. The molecule has 3 rings (SSSR count). The molecule has 1 aliphatic rings. The van der Waals surface area contributed by atoms with Crippen LogP contribution >= 0.6 is 0 Å². The van der Waals surface area contributed by atoms with Gasteiger partial charge in [-0.15, -0.1) is 6.58 Å². The van der Waals surface area contributed by atoms with Gasteiger partial charge in [0.25, 0.3) is 0 Å². The maximum absolute atomic E-state index is 13.9. The summed E-state index contributed by atoms with van der Waals surface area (Å²) in [5.74, 6) is -0.576. The lowest BCUT2D eigenvalue weighted by Crippen LogP contribution is -2.69. The lowest BCUT2D eigenvalue weighted by atomic mass is 9.79. The monoisotopic (exact) mass is 460 g/mol. The predicted octanol–water partition coefficient (Wildman–Crippen LogP) is 2.30. The van der Waals surface area contributed by atoms with Gasteiger partial charge in [0.15, 0.2) is 0 Å². The molecule has 0 radical (unpaired) electrons. The molecule has 2 amide bonds. The van der Waals surface area contributed by atoms with E-state index in [1.54, 1.807) is 45.0 Å². The first-order valence-electron chi connectivity index (χ1n) is 10.2. The second kappa shape index (κ2) is 8.87. The molecule has 10 heteroatoms. The molecule has 1 aromatic carbocycles. The van der Waals surface area contributed by atoms with Crippen molar-refractivity contribution in [3.05, 3.63) is 49.2 Å². The first-order valence-corrected chi connectivity index (χ1v) is 11.7. The topological polar surface area (TPSA) is 120 Å². The summed E-state index contributed by atoms with van der Waals surface area (Å²) >= 11 is 0. The molecule has 1 saturated heterocycles. The zero-order chi connectivity index (χ0) is 23.7. The third-order valence-corrected chi connectivity index (χ3v) is 7.42. The first kappa shape index (κ1) is 23.7. The van der Waals surface area contributed by atoms with Crippen molar-refractivity contribution in [2.45, 2.75) is 37.8 Å². The van der Waals surface area contributed by atoms with Gasteiger partial charge in [0, 0.05) is 31.2 Å². The quantitative estimate of drug-likeness (QED) is 0.661. The highest BCUT2D eigenvalue weighted by Crippen LogP contribution is 2.36. The van der Waals surface area contributed by atoms with Crippen molar-refractivity contribution in [1.82, 2.24) is 19.5 Å². The van der Waals surface area contributed by atoms with Gasteiger partial charge in [-0.1, -0.05) is 45.0 Å². The van der Waals surface area contributed by atoms with E-state index in [9.17, 15) is 23.1 Å². The number of rotatable bonds is 5. The molecule has 0 aliphatic carbocycles. The molecule has 0 bridgehead atoms. The summed E-state index contributed by atoms with van der Waals surface area (Å²) in [4.78, 5) is 30.6. The van der Waals surface area contributed by atoms with Crippen LogP contribution in [0.5, 0.6) is 0 Å². The highest BCUT2D eigenvalue weighted by molar-refractivity contribution is 7.89. The molecule has 172 valence electrons. The maximum Gasteiger partial charge on any atom is 0.407 e. The number of hydrogen-bond donors (Lipinski definition) is 2. The van der Waals surface area contributed by atoms with Crippen molar-refractivity contribution in [2.75, 3.05) is 19.6 Å². The number of amides is 2. The number of nitrogens with zero attached hydrogens (tertiary/aromatic N) is 3. The average molecular weight is 461 g/mol. The fourth-order valence-electron chi connectivity index (χ4n) is 4.20. The van der Waals surface area contributed by atoms with Crippen molar-refractivity contribution in [3.63, 3.8) is 0 Å². The van der Waals surface area contributed by atoms with Crippen LogP contribution in [-0.2, 0) is 14.8 Å². The maximum atomic E-state index is 13.9. The Hall–Kier alpha value is -2.98. The molecule has 0 spiro atoms. The van der Waals surface area contributed by atoms with E-state index in [4.69, 9.17) is 0 Å². The minimum atomic E-state index is -4.19. The molecule has 1 aliphatic heterocycles. The summed E-state index contributed by atoms with van der Waals surface area (Å²) < 4.78 is 28.8. The summed E-state index contributed by atoms with van der Waals surface area (Å²) in [6.45, 7) is 8.86. The van der Waals surface area contributed by atoms with Gasteiger partial charge in [0.2, 0.25) is 15.9 Å². The van der Waals surface area contributed by atoms with E-state index in [-0.39, 0.29) is 24.5 Å². The largest absolute Gasteiger partial charge is 0.465 e. The lowest BCUT2D eigenvalue weighted by molar-refractivity contribution is -0.130. The number of benzene rings is 1. The Morgan fingerprint density at radius 3 is 2.56 bits per heavy atom. The number of para-hydroxylation sites is 1. The van der Waals surface area contributed by atoms with E-state index < -0.39 is 39.5 Å². The number of carboxylic acid groups (broad SMARTS) is 1. The van der Waals surface area contributed by atoms with Gasteiger partial charge in [-0.25, -0.2) is 13.2 Å². The van der Waals surface area contributed by atoms with Crippen LogP contribution in [0.15, 0.2) is 54.1 Å². The van der Waals surface area contributed by atoms with Crippen LogP contribution < -0.4 is 5.32 Å². The minimum Gasteiger partial charge on any atom is -0.465 e. The van der Waals surface area contributed by atoms with Gasteiger partial charge in [-0.3, -0.25) is 9.78 Å². The van der Waals surface area contributed by atoms with Crippen LogP contribution in [0.1, 0.15) is 20.8 Å². The highest BCUT2D eigenvalue weighted by Gasteiger charge is 2.52. The number of carbonyl (C=O) groups is 2. The average Bonchev–Trinajstić information content (AvgIpc) is 2.75. The second-order valence-corrected chi connectivity index (χ2v) is 10.6. The van der Waals surface area contributed by atoms with E-state index >= 15 is 0 Å². The first-order chi connectivity index (χ1) is 15.0. The Morgan fingerprint density at radius 1 is 1.25 bits per heavy atom. The number of aromatic nitrogens is 1. The fraction of sp³-hybridized carbons (Fsp3) is 0.409. The number of piperazine rings is 1. The molecule has 2 N–H and O–H groups in total. The molecule has 2 heterocycles.